The molecular formula is C18H21Cl2N4O2+. The zero-order valence-electron chi connectivity index (χ0n) is 14.2. The molecule has 1 aliphatic rings. The summed E-state index contributed by atoms with van der Waals surface area (Å²) in [6, 6.07) is 7.14. The number of amides is 1. The van der Waals surface area contributed by atoms with Gasteiger partial charge in [0.15, 0.2) is 5.70 Å². The number of nitriles is 1. The van der Waals surface area contributed by atoms with E-state index >= 15 is 0 Å². The van der Waals surface area contributed by atoms with Crippen molar-refractivity contribution in [2.24, 2.45) is 5.73 Å². The van der Waals surface area contributed by atoms with E-state index in [9.17, 15) is 4.79 Å². The number of carbonyl (C=O) groups excluding carboxylic acids is 1. The number of nitrogens with zero attached hydrogens (tertiary/aromatic N) is 1. The lowest BCUT2D eigenvalue weighted by Crippen LogP contribution is -2.56. The molecule has 1 amide bonds. The molecule has 1 fully saturated rings. The third-order valence-electron chi connectivity index (χ3n) is 4.11. The molecular weight excluding hydrogens is 375 g/mol. The van der Waals surface area contributed by atoms with Crippen molar-refractivity contribution < 1.29 is 15.3 Å². The molecule has 6 nitrogen and oxygen atoms in total. The van der Waals surface area contributed by atoms with Crippen molar-refractivity contribution >= 4 is 29.1 Å². The fraction of sp³-hybridized carbons (Fsp3) is 0.333. The Hall–Kier alpha value is -2.20. The molecule has 2 rings (SSSR count). The predicted octanol–water partition coefficient (Wildman–Crippen LogP) is 2.18. The second-order valence-corrected chi connectivity index (χ2v) is 6.91. The number of ether oxygens (including phenoxy) is 1. The number of halogens is 2. The van der Waals surface area contributed by atoms with E-state index in [1.54, 1.807) is 18.2 Å². The molecule has 0 saturated heterocycles. The molecule has 1 aromatic rings. The van der Waals surface area contributed by atoms with Crippen LogP contribution in [0.5, 0.6) is 5.75 Å². The van der Waals surface area contributed by atoms with Gasteiger partial charge < -0.3 is 21.5 Å². The molecule has 0 atom stereocenters. The molecule has 0 spiro atoms. The highest BCUT2D eigenvalue weighted by molar-refractivity contribution is 6.31. The number of benzene rings is 1. The lowest BCUT2D eigenvalue weighted by Gasteiger charge is -2.29. The maximum atomic E-state index is 12.1. The third kappa shape index (κ3) is 5.95. The van der Waals surface area contributed by atoms with Crippen molar-refractivity contribution in [1.29, 1.82) is 5.26 Å². The van der Waals surface area contributed by atoms with E-state index in [1.165, 1.54) is 12.2 Å². The molecule has 1 aromatic carbocycles. The van der Waals surface area contributed by atoms with Gasteiger partial charge in [-0.05, 0) is 43.9 Å². The summed E-state index contributed by atoms with van der Waals surface area (Å²) in [5.74, 6) is 0.414. The summed E-state index contributed by atoms with van der Waals surface area (Å²) in [5, 5.41) is 12.3. The number of rotatable bonds is 5. The van der Waals surface area contributed by atoms with Crippen LogP contribution >= 0.6 is 23.2 Å². The smallest absolute Gasteiger partial charge is 0.305 e. The molecule has 0 bridgehead atoms. The van der Waals surface area contributed by atoms with E-state index in [0.717, 1.165) is 25.7 Å². The lowest BCUT2D eigenvalue weighted by molar-refractivity contribution is -0.299. The first-order valence-electron chi connectivity index (χ1n) is 8.21. The van der Waals surface area contributed by atoms with Crippen molar-refractivity contribution in [3.05, 3.63) is 51.8 Å². The largest absolute Gasteiger partial charge is 0.490 e. The molecule has 1 saturated carbocycles. The van der Waals surface area contributed by atoms with Crippen molar-refractivity contribution in [3.8, 4) is 11.8 Å². The van der Waals surface area contributed by atoms with Gasteiger partial charge in [-0.1, -0.05) is 23.2 Å². The molecule has 1 aliphatic carbocycles. The number of hydrogen-bond donors (Lipinski definition) is 3. The Morgan fingerprint density at radius 2 is 2.04 bits per heavy atom. The second kappa shape index (κ2) is 9.48. The van der Waals surface area contributed by atoms with Gasteiger partial charge in [0.25, 0.3) is 0 Å². The van der Waals surface area contributed by atoms with Crippen molar-refractivity contribution in [3.63, 3.8) is 0 Å². The highest BCUT2D eigenvalue weighted by Gasteiger charge is 2.24. The van der Waals surface area contributed by atoms with E-state index in [1.807, 2.05) is 6.07 Å². The molecule has 0 heterocycles. The predicted molar refractivity (Wildman–Crippen MR) is 100 cm³/mol. The average molecular weight is 396 g/mol. The second-order valence-electron chi connectivity index (χ2n) is 6.06. The van der Waals surface area contributed by atoms with Crippen molar-refractivity contribution in [2.45, 2.75) is 37.8 Å². The van der Waals surface area contributed by atoms with Crippen LogP contribution in [-0.4, -0.2) is 18.1 Å². The highest BCUT2D eigenvalue weighted by Crippen LogP contribution is 2.27. The summed E-state index contributed by atoms with van der Waals surface area (Å²) in [7, 11) is 0. The molecule has 0 unspecified atom stereocenters. The summed E-state index contributed by atoms with van der Waals surface area (Å²) < 4.78 is 5.93. The van der Waals surface area contributed by atoms with Gasteiger partial charge in [-0.2, -0.15) is 5.26 Å². The Bertz CT molecular complexity index is 759. The van der Waals surface area contributed by atoms with Crippen LogP contribution in [0.15, 0.2) is 41.2 Å². The van der Waals surface area contributed by atoms with Crippen LogP contribution in [0.25, 0.3) is 0 Å². The van der Waals surface area contributed by atoms with Crippen LogP contribution in [-0.2, 0) is 4.79 Å². The number of nitrogens with one attached hydrogen (secondary N) is 1. The van der Waals surface area contributed by atoms with Gasteiger partial charge in [0, 0.05) is 18.2 Å². The van der Waals surface area contributed by atoms with Gasteiger partial charge in [-0.15, -0.1) is 0 Å². The van der Waals surface area contributed by atoms with Crippen LogP contribution < -0.4 is 21.5 Å². The fourth-order valence-corrected chi connectivity index (χ4v) is 2.99. The van der Waals surface area contributed by atoms with Gasteiger partial charge in [-0.3, -0.25) is 4.79 Å². The Balaban J connectivity index is 1.83. The van der Waals surface area contributed by atoms with E-state index in [-0.39, 0.29) is 23.2 Å². The normalized spacial score (nSPS) is 21.0. The van der Waals surface area contributed by atoms with E-state index in [2.05, 4.69) is 11.1 Å². The SMILES string of the molecule is N#Cc1ccc(OC2CCC(NC(=O)/C([NH3+])=C/C=C(\N)Cl)CC2)cc1Cl. The zero-order chi connectivity index (χ0) is 19.1. The van der Waals surface area contributed by atoms with Crippen LogP contribution in [0.1, 0.15) is 31.2 Å². The van der Waals surface area contributed by atoms with E-state index in [4.69, 9.17) is 38.9 Å². The van der Waals surface area contributed by atoms with Crippen LogP contribution in [0, 0.1) is 11.3 Å². The average Bonchev–Trinajstić information content (AvgIpc) is 2.61. The number of carbonyl (C=O) groups is 1. The third-order valence-corrected chi connectivity index (χ3v) is 4.55. The van der Waals surface area contributed by atoms with E-state index in [0.29, 0.717) is 22.0 Å². The maximum absolute atomic E-state index is 12.1. The fourth-order valence-electron chi connectivity index (χ4n) is 2.71. The molecule has 8 heteroatoms. The number of quaternary nitrogens is 1. The minimum atomic E-state index is -0.234. The molecule has 26 heavy (non-hydrogen) atoms. The quantitative estimate of drug-likeness (QED) is 0.402. The zero-order valence-corrected chi connectivity index (χ0v) is 15.7. The maximum Gasteiger partial charge on any atom is 0.305 e. The Labute approximate surface area is 162 Å². The topological polar surface area (TPSA) is 116 Å². The number of hydrogen-bond acceptors (Lipinski definition) is 4. The standard InChI is InChI=1S/C18H20Cl2N4O2/c19-15-9-14(4-1-11(15)10-21)26-13-5-2-12(3-6-13)24-18(25)16(22)7-8-17(20)23/h1,4,7-9,12-13H,2-3,5-6,22-23H2,(H,24,25)/p+1/b16-7-,17-8-. The van der Waals surface area contributed by atoms with Gasteiger partial charge in [-0.25, -0.2) is 0 Å². The first-order valence-corrected chi connectivity index (χ1v) is 8.96. The molecule has 6 N–H and O–H groups in total. The molecule has 0 radical (unpaired) electrons. The first kappa shape index (κ1) is 20.1. The summed E-state index contributed by atoms with van der Waals surface area (Å²) in [6.07, 6.45) is 6.21. The van der Waals surface area contributed by atoms with Gasteiger partial charge in [0.1, 0.15) is 11.8 Å². The molecule has 0 aromatic heterocycles. The Morgan fingerprint density at radius 3 is 2.62 bits per heavy atom. The minimum absolute atomic E-state index is 0.0564. The lowest BCUT2D eigenvalue weighted by atomic mass is 9.93. The van der Waals surface area contributed by atoms with E-state index < -0.39 is 0 Å². The van der Waals surface area contributed by atoms with Crippen LogP contribution in [0.4, 0.5) is 0 Å². The van der Waals surface area contributed by atoms with Crippen molar-refractivity contribution in [1.82, 2.24) is 5.32 Å². The number of allylic oxidation sites excluding steroid dienone is 2. The summed E-state index contributed by atoms with van der Waals surface area (Å²) in [6.45, 7) is 0. The highest BCUT2D eigenvalue weighted by atomic mass is 35.5. The van der Waals surface area contributed by atoms with Crippen LogP contribution in [0.2, 0.25) is 5.02 Å². The molecule has 0 aliphatic heterocycles. The monoisotopic (exact) mass is 395 g/mol. The minimum Gasteiger partial charge on any atom is -0.490 e. The summed E-state index contributed by atoms with van der Waals surface area (Å²) in [5.41, 5.74) is 9.74. The van der Waals surface area contributed by atoms with Gasteiger partial charge in [0.2, 0.25) is 0 Å². The number of nitrogens with two attached hydrogens (primary N) is 1. The van der Waals surface area contributed by atoms with Crippen LogP contribution in [0.3, 0.4) is 0 Å². The van der Waals surface area contributed by atoms with Gasteiger partial charge in [0.05, 0.1) is 21.8 Å². The Morgan fingerprint density at radius 1 is 1.35 bits per heavy atom. The van der Waals surface area contributed by atoms with Crippen molar-refractivity contribution in [2.75, 3.05) is 0 Å². The summed E-state index contributed by atoms with van der Waals surface area (Å²) in [4.78, 5) is 12.1. The summed E-state index contributed by atoms with van der Waals surface area (Å²) >= 11 is 11.5. The van der Waals surface area contributed by atoms with Gasteiger partial charge >= 0.3 is 5.91 Å². The first-order chi connectivity index (χ1) is 12.4. The Kier molecular flexibility index (Phi) is 7.34. The molecule has 138 valence electrons.